The molecular formula is C27H32N2O5. The Bertz CT molecular complexity index is 1030. The fraction of sp³-hybridized carbons (Fsp3) is 0.444. The van der Waals surface area contributed by atoms with Gasteiger partial charge in [-0.2, -0.15) is 0 Å². The Morgan fingerprint density at radius 1 is 1.00 bits per heavy atom. The van der Waals surface area contributed by atoms with Crippen LogP contribution >= 0.6 is 0 Å². The second-order valence-electron chi connectivity index (χ2n) is 9.97. The Labute approximate surface area is 199 Å². The Morgan fingerprint density at radius 3 is 2.24 bits per heavy atom. The van der Waals surface area contributed by atoms with E-state index in [1.54, 1.807) is 13.8 Å². The van der Waals surface area contributed by atoms with E-state index in [9.17, 15) is 14.4 Å². The summed E-state index contributed by atoms with van der Waals surface area (Å²) >= 11 is 0. The first-order chi connectivity index (χ1) is 16.2. The number of hydrogen-bond acceptors (Lipinski definition) is 4. The minimum atomic E-state index is -0.955. The van der Waals surface area contributed by atoms with Crippen LogP contribution in [-0.4, -0.2) is 41.3 Å². The molecule has 2 aliphatic carbocycles. The summed E-state index contributed by atoms with van der Waals surface area (Å²) in [6.07, 6.45) is 2.21. The van der Waals surface area contributed by atoms with Crippen LogP contribution in [0.15, 0.2) is 48.5 Å². The fourth-order valence-corrected chi connectivity index (χ4v) is 5.22. The van der Waals surface area contributed by atoms with E-state index >= 15 is 0 Å². The lowest BCUT2D eigenvalue weighted by Gasteiger charge is -2.32. The summed E-state index contributed by atoms with van der Waals surface area (Å²) in [4.78, 5) is 36.4. The van der Waals surface area contributed by atoms with Crippen molar-refractivity contribution in [2.75, 3.05) is 6.61 Å². The third-order valence-corrected chi connectivity index (χ3v) is 6.77. The molecule has 0 unspecified atom stereocenters. The first-order valence-corrected chi connectivity index (χ1v) is 11.9. The second-order valence-corrected chi connectivity index (χ2v) is 9.97. The number of carboxylic acids is 1. The largest absolute Gasteiger partial charge is 0.481 e. The van der Waals surface area contributed by atoms with Crippen LogP contribution in [0.1, 0.15) is 63.0 Å². The SMILES string of the molecule is CC(C)(CC(=O)O)NC(=O)[C@@H]1CCC[C@H](NC(=O)OCC2c3ccccc3-c3ccccc32)C1. The van der Waals surface area contributed by atoms with E-state index in [4.69, 9.17) is 9.84 Å². The molecule has 0 radical (unpaired) electrons. The number of fused-ring (bicyclic) bond motifs is 3. The molecule has 0 spiro atoms. The highest BCUT2D eigenvalue weighted by molar-refractivity contribution is 5.81. The lowest BCUT2D eigenvalue weighted by Crippen LogP contribution is -2.49. The highest BCUT2D eigenvalue weighted by Crippen LogP contribution is 2.44. The molecule has 2 amide bonds. The number of carbonyl (C=O) groups excluding carboxylic acids is 2. The fourth-order valence-electron chi connectivity index (χ4n) is 5.22. The van der Waals surface area contributed by atoms with Gasteiger partial charge in [0.1, 0.15) is 6.61 Å². The van der Waals surface area contributed by atoms with Gasteiger partial charge in [-0.3, -0.25) is 9.59 Å². The quantitative estimate of drug-likeness (QED) is 0.561. The maximum Gasteiger partial charge on any atom is 0.407 e. The Balaban J connectivity index is 1.31. The number of nitrogens with one attached hydrogen (secondary N) is 2. The van der Waals surface area contributed by atoms with Crippen molar-refractivity contribution in [2.45, 2.75) is 63.5 Å². The smallest absolute Gasteiger partial charge is 0.407 e. The van der Waals surface area contributed by atoms with Gasteiger partial charge in [0.15, 0.2) is 0 Å². The van der Waals surface area contributed by atoms with Crippen LogP contribution in [-0.2, 0) is 14.3 Å². The molecule has 0 aromatic heterocycles. The molecule has 3 N–H and O–H groups in total. The molecule has 0 heterocycles. The van der Waals surface area contributed by atoms with Crippen molar-refractivity contribution in [1.82, 2.24) is 10.6 Å². The summed E-state index contributed by atoms with van der Waals surface area (Å²) in [7, 11) is 0. The van der Waals surface area contributed by atoms with E-state index in [-0.39, 0.29) is 36.8 Å². The summed E-state index contributed by atoms with van der Waals surface area (Å²) in [6, 6.07) is 16.2. The van der Waals surface area contributed by atoms with Gasteiger partial charge < -0.3 is 20.5 Å². The number of hydrogen-bond donors (Lipinski definition) is 3. The Hall–Kier alpha value is -3.35. The zero-order valence-electron chi connectivity index (χ0n) is 19.7. The van der Waals surface area contributed by atoms with Crippen molar-refractivity contribution in [2.24, 2.45) is 5.92 Å². The number of carbonyl (C=O) groups is 3. The molecule has 0 bridgehead atoms. The average Bonchev–Trinajstić information content (AvgIpc) is 3.10. The topological polar surface area (TPSA) is 105 Å². The number of ether oxygens (including phenoxy) is 1. The van der Waals surface area contributed by atoms with Crippen molar-refractivity contribution < 1.29 is 24.2 Å². The lowest BCUT2D eigenvalue weighted by atomic mass is 9.84. The normalized spacial score (nSPS) is 19.6. The summed E-state index contributed by atoms with van der Waals surface area (Å²) in [6.45, 7) is 3.66. The maximum absolute atomic E-state index is 12.7. The van der Waals surface area contributed by atoms with Gasteiger partial charge in [0.25, 0.3) is 0 Å². The highest BCUT2D eigenvalue weighted by Gasteiger charge is 2.33. The van der Waals surface area contributed by atoms with E-state index in [0.29, 0.717) is 6.42 Å². The minimum Gasteiger partial charge on any atom is -0.481 e. The van der Waals surface area contributed by atoms with Gasteiger partial charge in [0.2, 0.25) is 5.91 Å². The number of carboxylic acid groups (broad SMARTS) is 1. The van der Waals surface area contributed by atoms with E-state index < -0.39 is 17.6 Å². The van der Waals surface area contributed by atoms with Gasteiger partial charge >= 0.3 is 12.1 Å². The molecule has 7 heteroatoms. The van der Waals surface area contributed by atoms with Crippen LogP contribution < -0.4 is 10.6 Å². The molecule has 2 atom stereocenters. The summed E-state index contributed by atoms with van der Waals surface area (Å²) in [5, 5.41) is 14.8. The lowest BCUT2D eigenvalue weighted by molar-refractivity contribution is -0.139. The van der Waals surface area contributed by atoms with Gasteiger partial charge in [-0.1, -0.05) is 55.0 Å². The second kappa shape index (κ2) is 9.87. The Morgan fingerprint density at radius 2 is 1.62 bits per heavy atom. The van der Waals surface area contributed by atoms with E-state index in [0.717, 1.165) is 30.4 Å². The van der Waals surface area contributed by atoms with Crippen LogP contribution in [0.5, 0.6) is 0 Å². The number of amides is 2. The number of alkyl carbamates (subject to hydrolysis) is 1. The monoisotopic (exact) mass is 464 g/mol. The maximum atomic E-state index is 12.7. The third-order valence-electron chi connectivity index (χ3n) is 6.77. The first kappa shape index (κ1) is 23.8. The Kier molecular flexibility index (Phi) is 6.91. The molecule has 1 fully saturated rings. The van der Waals surface area contributed by atoms with E-state index in [1.807, 2.05) is 24.3 Å². The van der Waals surface area contributed by atoms with Gasteiger partial charge in [0.05, 0.1) is 6.42 Å². The molecule has 0 aliphatic heterocycles. The first-order valence-electron chi connectivity index (χ1n) is 11.9. The van der Waals surface area contributed by atoms with Crippen molar-refractivity contribution in [3.63, 3.8) is 0 Å². The van der Waals surface area contributed by atoms with Crippen LogP contribution in [0.4, 0.5) is 4.79 Å². The van der Waals surface area contributed by atoms with Gasteiger partial charge in [0, 0.05) is 23.4 Å². The van der Waals surface area contributed by atoms with Crippen LogP contribution in [0.25, 0.3) is 11.1 Å². The molecule has 7 nitrogen and oxygen atoms in total. The van der Waals surface area contributed by atoms with Gasteiger partial charge in [-0.25, -0.2) is 4.79 Å². The van der Waals surface area contributed by atoms with Crippen molar-refractivity contribution >= 4 is 18.0 Å². The standard InChI is InChI=1S/C27H32N2O5/c1-27(2,15-24(30)31)29-25(32)17-8-7-9-18(14-17)28-26(33)34-16-23-21-12-5-3-10-19(21)20-11-4-6-13-22(20)23/h3-6,10-13,17-18,23H,7-9,14-16H2,1-2H3,(H,28,33)(H,29,32)(H,30,31)/t17-,18+/m1/s1. The van der Waals surface area contributed by atoms with Crippen molar-refractivity contribution in [3.05, 3.63) is 59.7 Å². The summed E-state index contributed by atoms with van der Waals surface area (Å²) < 4.78 is 5.65. The third kappa shape index (κ3) is 5.41. The zero-order valence-corrected chi connectivity index (χ0v) is 19.7. The van der Waals surface area contributed by atoms with E-state index in [1.165, 1.54) is 11.1 Å². The molecule has 2 aliphatic rings. The average molecular weight is 465 g/mol. The van der Waals surface area contributed by atoms with E-state index in [2.05, 4.69) is 34.9 Å². The molecular weight excluding hydrogens is 432 g/mol. The van der Waals surface area contributed by atoms with Crippen molar-refractivity contribution in [1.29, 1.82) is 0 Å². The highest BCUT2D eigenvalue weighted by atomic mass is 16.5. The van der Waals surface area contributed by atoms with Gasteiger partial charge in [-0.15, -0.1) is 0 Å². The molecule has 180 valence electrons. The van der Waals surface area contributed by atoms with Crippen LogP contribution in [0, 0.1) is 5.92 Å². The molecule has 2 aromatic rings. The molecule has 34 heavy (non-hydrogen) atoms. The predicted molar refractivity (Wildman–Crippen MR) is 128 cm³/mol. The number of rotatable bonds is 7. The van der Waals surface area contributed by atoms with Crippen LogP contribution in [0.2, 0.25) is 0 Å². The van der Waals surface area contributed by atoms with Crippen molar-refractivity contribution in [3.8, 4) is 11.1 Å². The number of aliphatic carboxylic acids is 1. The van der Waals surface area contributed by atoms with Crippen LogP contribution in [0.3, 0.4) is 0 Å². The van der Waals surface area contributed by atoms with Gasteiger partial charge in [-0.05, 0) is 55.4 Å². The number of benzene rings is 2. The molecule has 1 saturated carbocycles. The zero-order chi connectivity index (χ0) is 24.3. The minimum absolute atomic E-state index is 0.000464. The molecule has 2 aromatic carbocycles. The molecule has 0 saturated heterocycles. The summed E-state index contributed by atoms with van der Waals surface area (Å²) in [5.41, 5.74) is 3.86. The summed E-state index contributed by atoms with van der Waals surface area (Å²) in [5.74, 6) is -1.38. The predicted octanol–water partition coefficient (Wildman–Crippen LogP) is 4.45. The molecule has 4 rings (SSSR count).